The minimum atomic E-state index is -1.34. The zero-order valence-electron chi connectivity index (χ0n) is 18.3. The van der Waals surface area contributed by atoms with Crippen LogP contribution in [0.4, 0.5) is 0 Å². The van der Waals surface area contributed by atoms with Crippen LogP contribution in [0.1, 0.15) is 40.5 Å². The van der Waals surface area contributed by atoms with Gasteiger partial charge in [-0.3, -0.25) is 19.4 Å². The van der Waals surface area contributed by atoms with Gasteiger partial charge in [-0.2, -0.15) is 0 Å². The molecule has 0 radical (unpaired) electrons. The van der Waals surface area contributed by atoms with Crippen LogP contribution in [-0.2, 0) is 19.2 Å². The maximum atomic E-state index is 12.7. The molecule has 0 saturated carbocycles. The molecule has 0 aliphatic heterocycles. The zero-order chi connectivity index (χ0) is 24.3. The minimum Gasteiger partial charge on any atom is -0.480 e. The van der Waals surface area contributed by atoms with Crippen LogP contribution in [0.3, 0.4) is 0 Å². The van der Waals surface area contributed by atoms with Crippen molar-refractivity contribution in [3.63, 3.8) is 0 Å². The predicted molar refractivity (Wildman–Crippen MR) is 114 cm³/mol. The van der Waals surface area contributed by atoms with Crippen molar-refractivity contribution in [3.05, 3.63) is 0 Å². The monoisotopic (exact) mass is 445 g/mol. The molecule has 13 nitrogen and oxygen atoms in total. The van der Waals surface area contributed by atoms with Crippen LogP contribution >= 0.6 is 0 Å². The third-order valence-electron chi connectivity index (χ3n) is 4.28. The number of guanidine groups is 1. The van der Waals surface area contributed by atoms with E-state index in [0.29, 0.717) is 6.42 Å². The van der Waals surface area contributed by atoms with E-state index in [1.165, 1.54) is 13.8 Å². The Hall–Kier alpha value is -2.93. The minimum absolute atomic E-state index is 0.0668. The van der Waals surface area contributed by atoms with Gasteiger partial charge in [0.25, 0.3) is 0 Å². The van der Waals surface area contributed by atoms with Crippen molar-refractivity contribution >= 4 is 29.7 Å². The number of carboxylic acid groups (broad SMARTS) is 1. The first kappa shape index (κ1) is 28.1. The summed E-state index contributed by atoms with van der Waals surface area (Å²) >= 11 is 0. The predicted octanol–water partition coefficient (Wildman–Crippen LogP) is -3.04. The molecule has 0 aromatic carbocycles. The molecule has 0 aromatic rings. The highest BCUT2D eigenvalue weighted by Gasteiger charge is 2.33. The molecule has 0 saturated heterocycles. The summed E-state index contributed by atoms with van der Waals surface area (Å²) in [4.78, 5) is 52.3. The molecule has 0 bridgehead atoms. The molecule has 13 heteroatoms. The average molecular weight is 446 g/mol. The summed E-state index contributed by atoms with van der Waals surface area (Å²) in [6.07, 6.45) is -0.889. The molecule has 11 N–H and O–H groups in total. The third-order valence-corrected chi connectivity index (χ3v) is 4.28. The molecule has 5 unspecified atom stereocenters. The van der Waals surface area contributed by atoms with Crippen molar-refractivity contribution in [2.45, 2.75) is 70.8 Å². The van der Waals surface area contributed by atoms with E-state index in [0.717, 1.165) is 0 Å². The van der Waals surface area contributed by atoms with Crippen LogP contribution in [0.25, 0.3) is 0 Å². The van der Waals surface area contributed by atoms with Gasteiger partial charge in [0.1, 0.15) is 18.1 Å². The maximum Gasteiger partial charge on any atom is 0.326 e. The van der Waals surface area contributed by atoms with E-state index in [2.05, 4.69) is 20.9 Å². The Kier molecular flexibility index (Phi) is 12.1. The molecule has 5 atom stereocenters. The first-order chi connectivity index (χ1) is 14.3. The molecule has 0 aliphatic rings. The summed E-state index contributed by atoms with van der Waals surface area (Å²) in [7, 11) is 0. The Balaban J connectivity index is 5.23. The topological polar surface area (TPSA) is 235 Å². The fourth-order valence-electron chi connectivity index (χ4n) is 2.49. The van der Waals surface area contributed by atoms with Gasteiger partial charge in [-0.1, -0.05) is 13.8 Å². The van der Waals surface area contributed by atoms with E-state index < -0.39 is 59.9 Å². The number of aliphatic hydroxyl groups excluding tert-OH is 1. The Morgan fingerprint density at radius 2 is 1.42 bits per heavy atom. The second-order valence-electron chi connectivity index (χ2n) is 7.59. The molecule has 178 valence electrons. The lowest BCUT2D eigenvalue weighted by molar-refractivity contribution is -0.143. The van der Waals surface area contributed by atoms with Crippen molar-refractivity contribution in [2.75, 3.05) is 6.54 Å². The molecule has 0 fully saturated rings. The number of aliphatic imine (C=N–C) groups is 1. The molecular weight excluding hydrogens is 410 g/mol. The number of nitrogens with one attached hydrogen (secondary N) is 3. The maximum absolute atomic E-state index is 12.7. The number of carboxylic acids is 1. The zero-order valence-corrected chi connectivity index (χ0v) is 18.3. The Morgan fingerprint density at radius 1 is 0.903 bits per heavy atom. The second kappa shape index (κ2) is 13.4. The molecule has 3 amide bonds. The van der Waals surface area contributed by atoms with Crippen LogP contribution in [0.15, 0.2) is 4.99 Å². The van der Waals surface area contributed by atoms with Gasteiger partial charge in [-0.15, -0.1) is 0 Å². The summed E-state index contributed by atoms with van der Waals surface area (Å²) in [5.74, 6) is -3.98. The highest BCUT2D eigenvalue weighted by atomic mass is 16.4. The lowest BCUT2D eigenvalue weighted by Gasteiger charge is -2.27. The number of rotatable bonds is 13. The van der Waals surface area contributed by atoms with E-state index in [1.54, 1.807) is 13.8 Å². The van der Waals surface area contributed by atoms with Gasteiger partial charge in [-0.25, -0.2) is 4.79 Å². The SMILES string of the molecule is CC(N)C(=O)NC(C(=O)NC(C(=O)NC(CCCN=C(N)N)C(=O)O)C(C)C)C(C)O. The summed E-state index contributed by atoms with van der Waals surface area (Å²) in [6, 6.07) is -4.58. The molecule has 0 heterocycles. The van der Waals surface area contributed by atoms with E-state index >= 15 is 0 Å². The highest BCUT2D eigenvalue weighted by Crippen LogP contribution is 2.06. The fraction of sp³-hybridized carbons (Fsp3) is 0.722. The first-order valence-electron chi connectivity index (χ1n) is 9.90. The second-order valence-corrected chi connectivity index (χ2v) is 7.59. The summed E-state index contributed by atoms with van der Waals surface area (Å²) in [5.41, 5.74) is 15.9. The normalized spacial score (nSPS) is 15.7. The molecular formula is C18H35N7O6. The fourth-order valence-corrected chi connectivity index (χ4v) is 2.49. The molecule has 31 heavy (non-hydrogen) atoms. The number of hydrogen-bond acceptors (Lipinski definition) is 7. The largest absolute Gasteiger partial charge is 0.480 e. The lowest BCUT2D eigenvalue weighted by Crippen LogP contribution is -2.60. The van der Waals surface area contributed by atoms with Crippen molar-refractivity contribution in [1.82, 2.24) is 16.0 Å². The number of nitrogens with two attached hydrogens (primary N) is 3. The van der Waals surface area contributed by atoms with Gasteiger partial charge in [0.15, 0.2) is 5.96 Å². The van der Waals surface area contributed by atoms with Crippen molar-refractivity contribution in [3.8, 4) is 0 Å². The van der Waals surface area contributed by atoms with Gasteiger partial charge in [0.05, 0.1) is 12.1 Å². The summed E-state index contributed by atoms with van der Waals surface area (Å²) in [5, 5.41) is 26.4. The number of aliphatic carboxylic acids is 1. The number of carbonyl (C=O) groups is 4. The van der Waals surface area contributed by atoms with Gasteiger partial charge in [0.2, 0.25) is 17.7 Å². The molecule has 0 aromatic heterocycles. The van der Waals surface area contributed by atoms with E-state index in [9.17, 15) is 29.4 Å². The van der Waals surface area contributed by atoms with Gasteiger partial charge < -0.3 is 43.4 Å². The molecule has 0 aliphatic carbocycles. The number of carbonyl (C=O) groups excluding carboxylic acids is 3. The van der Waals surface area contributed by atoms with Gasteiger partial charge in [0, 0.05) is 6.54 Å². The van der Waals surface area contributed by atoms with Crippen LogP contribution < -0.4 is 33.2 Å². The van der Waals surface area contributed by atoms with E-state index in [4.69, 9.17) is 17.2 Å². The number of amides is 3. The van der Waals surface area contributed by atoms with Crippen molar-refractivity contribution in [2.24, 2.45) is 28.1 Å². The highest BCUT2D eigenvalue weighted by molar-refractivity contribution is 5.94. The van der Waals surface area contributed by atoms with Crippen molar-refractivity contribution in [1.29, 1.82) is 0 Å². The lowest BCUT2D eigenvalue weighted by atomic mass is 10.0. The number of hydrogen-bond donors (Lipinski definition) is 8. The Bertz CT molecular complexity index is 662. The molecule has 0 spiro atoms. The van der Waals surface area contributed by atoms with Crippen LogP contribution in [0, 0.1) is 5.92 Å². The number of aliphatic hydroxyl groups is 1. The van der Waals surface area contributed by atoms with Crippen LogP contribution in [0.2, 0.25) is 0 Å². The third kappa shape index (κ3) is 10.6. The summed E-state index contributed by atoms with van der Waals surface area (Å²) in [6.45, 7) is 6.21. The number of nitrogens with zero attached hydrogens (tertiary/aromatic N) is 1. The molecule has 0 rings (SSSR count). The Labute approximate surface area is 181 Å². The van der Waals surface area contributed by atoms with Gasteiger partial charge in [-0.05, 0) is 32.6 Å². The van der Waals surface area contributed by atoms with E-state index in [-0.39, 0.29) is 18.9 Å². The standard InChI is InChI=1S/C18H35N7O6/c1-8(2)12(24-16(29)13(10(4)26)25-14(27)9(3)19)15(28)23-11(17(30)31)6-5-7-22-18(20)21/h8-13,26H,5-7,19H2,1-4H3,(H,23,28)(H,24,29)(H,25,27)(H,30,31)(H4,20,21,22). The van der Waals surface area contributed by atoms with Crippen molar-refractivity contribution < 1.29 is 29.4 Å². The van der Waals surface area contributed by atoms with Crippen LogP contribution in [-0.4, -0.2) is 76.7 Å². The summed E-state index contributed by atoms with van der Waals surface area (Å²) < 4.78 is 0. The smallest absolute Gasteiger partial charge is 0.326 e. The quantitative estimate of drug-likeness (QED) is 0.0815. The van der Waals surface area contributed by atoms with Crippen LogP contribution in [0.5, 0.6) is 0 Å². The Morgan fingerprint density at radius 3 is 1.84 bits per heavy atom. The van der Waals surface area contributed by atoms with Gasteiger partial charge >= 0.3 is 5.97 Å². The average Bonchev–Trinajstić information content (AvgIpc) is 2.64. The van der Waals surface area contributed by atoms with E-state index in [1.807, 2.05) is 0 Å². The first-order valence-corrected chi connectivity index (χ1v) is 9.90.